The molecule has 9 nitrogen and oxygen atoms in total. The Balaban J connectivity index is 1.35. The summed E-state index contributed by atoms with van der Waals surface area (Å²) < 4.78 is 55.6. The Kier molecular flexibility index (Phi) is 7.06. The van der Waals surface area contributed by atoms with E-state index in [0.717, 1.165) is 5.56 Å². The van der Waals surface area contributed by atoms with Crippen LogP contribution in [0.15, 0.2) is 53.5 Å². The van der Waals surface area contributed by atoms with Crippen molar-refractivity contribution in [3.8, 4) is 5.75 Å². The molecule has 3 aromatic rings. The maximum atomic E-state index is 14.1. The highest BCUT2D eigenvalue weighted by atomic mass is 19.1. The van der Waals surface area contributed by atoms with Gasteiger partial charge in [-0.1, -0.05) is 30.3 Å². The number of nitrogens with zero attached hydrogens (tertiary/aromatic N) is 2. The van der Waals surface area contributed by atoms with Crippen molar-refractivity contribution in [3.63, 3.8) is 0 Å². The van der Waals surface area contributed by atoms with Gasteiger partial charge in [0.1, 0.15) is 28.6 Å². The fourth-order valence-corrected chi connectivity index (χ4v) is 6.09. The molecule has 4 heterocycles. The van der Waals surface area contributed by atoms with E-state index in [1.807, 2.05) is 37.3 Å². The number of benzene rings is 2. The van der Waals surface area contributed by atoms with Gasteiger partial charge in [-0.15, -0.1) is 0 Å². The number of hydrogen-bond donors (Lipinski definition) is 2. The molecule has 0 radical (unpaired) electrons. The van der Waals surface area contributed by atoms with E-state index in [1.165, 1.54) is 10.8 Å². The molecule has 4 atom stereocenters. The highest BCUT2D eigenvalue weighted by Crippen LogP contribution is 2.45. The summed E-state index contributed by atoms with van der Waals surface area (Å²) in [7, 11) is 0. The molecule has 3 aliphatic heterocycles. The number of hydrogen-bond acceptors (Lipinski definition) is 6. The van der Waals surface area contributed by atoms with Crippen molar-refractivity contribution < 1.29 is 37.3 Å². The third-order valence-electron chi connectivity index (χ3n) is 8.40. The minimum absolute atomic E-state index is 0.181. The Bertz CT molecular complexity index is 1610. The van der Waals surface area contributed by atoms with Gasteiger partial charge in [0.25, 0.3) is 11.8 Å². The molecular weight excluding hydrogens is 555 g/mol. The zero-order valence-electron chi connectivity index (χ0n) is 22.6. The number of rotatable bonds is 5. The van der Waals surface area contributed by atoms with Crippen LogP contribution < -0.4 is 10.7 Å². The lowest BCUT2D eigenvalue weighted by molar-refractivity contribution is -0.108. The van der Waals surface area contributed by atoms with Gasteiger partial charge >= 0.3 is 0 Å². The van der Waals surface area contributed by atoms with Gasteiger partial charge in [-0.3, -0.25) is 14.4 Å². The van der Waals surface area contributed by atoms with Crippen LogP contribution in [0.2, 0.25) is 0 Å². The average Bonchev–Trinajstić information content (AvgIpc) is 3.31. The molecule has 2 bridgehead atoms. The average molecular weight is 584 g/mol. The molecule has 42 heavy (non-hydrogen) atoms. The first-order valence-corrected chi connectivity index (χ1v) is 13.6. The summed E-state index contributed by atoms with van der Waals surface area (Å²) in [5.74, 6) is -6.04. The normalized spacial score (nSPS) is 24.9. The number of carbonyl (C=O) groups excluding carboxylic acids is 2. The highest BCUT2D eigenvalue weighted by molar-refractivity contribution is 5.99. The third-order valence-corrected chi connectivity index (χ3v) is 8.40. The number of ether oxygens (including phenoxy) is 2. The number of aromatic nitrogens is 1. The fourth-order valence-electron chi connectivity index (χ4n) is 6.09. The van der Waals surface area contributed by atoms with Crippen LogP contribution in [0.3, 0.4) is 0 Å². The van der Waals surface area contributed by atoms with E-state index in [4.69, 9.17) is 9.47 Å². The van der Waals surface area contributed by atoms with Gasteiger partial charge in [0, 0.05) is 49.4 Å². The second-order valence-electron chi connectivity index (χ2n) is 11.0. The third kappa shape index (κ3) is 4.74. The Morgan fingerprint density at radius 2 is 1.86 bits per heavy atom. The largest absolute Gasteiger partial charge is 0.503 e. The van der Waals surface area contributed by atoms with Gasteiger partial charge < -0.3 is 29.4 Å². The standard InChI is InChI=1S/C30H28F3N3O6/c1-16-7-8-30(15-41-24(42-30)9-17-5-3-2-4-6-17)23-14-35(16)29(40)25-27(38)26(37)20(13-36(23)25)28(39)34-12-19-21(32)10-18(31)11-22(19)33/h2-6,10-11,13,16,23-24,38H,7-9,12,14-15H2,1H3,(H,34,39)/t16-,23+,24+,30-/m0/s1. The molecule has 220 valence electrons. The Morgan fingerprint density at radius 1 is 1.14 bits per heavy atom. The molecule has 0 aliphatic carbocycles. The van der Waals surface area contributed by atoms with Gasteiger partial charge in [0.15, 0.2) is 17.7 Å². The molecule has 2 amide bonds. The van der Waals surface area contributed by atoms with Crippen LogP contribution in [-0.4, -0.2) is 57.5 Å². The Labute approximate surface area is 238 Å². The predicted molar refractivity (Wildman–Crippen MR) is 142 cm³/mol. The van der Waals surface area contributed by atoms with E-state index < -0.39 is 76.0 Å². The summed E-state index contributed by atoms with van der Waals surface area (Å²) in [6.07, 6.45) is 2.16. The molecule has 1 spiro atoms. The zero-order valence-corrected chi connectivity index (χ0v) is 22.6. The second-order valence-corrected chi connectivity index (χ2v) is 11.0. The molecule has 2 N–H and O–H groups in total. The minimum Gasteiger partial charge on any atom is -0.503 e. The lowest BCUT2D eigenvalue weighted by Crippen LogP contribution is -2.53. The number of halogens is 3. The van der Waals surface area contributed by atoms with E-state index in [2.05, 4.69) is 5.32 Å². The van der Waals surface area contributed by atoms with Gasteiger partial charge in [-0.05, 0) is 25.3 Å². The lowest BCUT2D eigenvalue weighted by atomic mass is 9.88. The fraction of sp³-hybridized carbons (Fsp3) is 0.367. The number of pyridine rings is 1. The van der Waals surface area contributed by atoms with Crippen LogP contribution in [0.4, 0.5) is 13.2 Å². The van der Waals surface area contributed by atoms with E-state index in [1.54, 1.807) is 4.90 Å². The first kappa shape index (κ1) is 28.0. The first-order chi connectivity index (χ1) is 20.1. The van der Waals surface area contributed by atoms with Crippen LogP contribution >= 0.6 is 0 Å². The van der Waals surface area contributed by atoms with Crippen molar-refractivity contribution in [1.29, 1.82) is 0 Å². The summed E-state index contributed by atoms with van der Waals surface area (Å²) in [6.45, 7) is 1.56. The van der Waals surface area contributed by atoms with Crippen molar-refractivity contribution in [3.05, 3.63) is 98.7 Å². The summed E-state index contributed by atoms with van der Waals surface area (Å²) in [6, 6.07) is 9.76. The van der Waals surface area contributed by atoms with Crippen molar-refractivity contribution in [1.82, 2.24) is 14.8 Å². The predicted octanol–water partition coefficient (Wildman–Crippen LogP) is 3.43. The van der Waals surface area contributed by atoms with E-state index in [9.17, 15) is 32.7 Å². The maximum Gasteiger partial charge on any atom is 0.274 e. The highest BCUT2D eigenvalue weighted by Gasteiger charge is 2.54. The monoisotopic (exact) mass is 583 g/mol. The summed E-state index contributed by atoms with van der Waals surface area (Å²) in [5.41, 5.74) is -2.45. The number of aromatic hydroxyl groups is 1. The maximum absolute atomic E-state index is 14.1. The SMILES string of the molecule is C[C@H]1CC[C@]2(CO[C@@H](Cc3ccccc3)O2)[C@H]2CN1C(=O)c1c(O)c(=O)c(C(=O)NCc3c(F)cc(F)cc3F)cn12. The number of fused-ring (bicyclic) bond motifs is 5. The molecule has 2 fully saturated rings. The molecule has 3 aliphatic rings. The molecule has 2 saturated heterocycles. The van der Waals surface area contributed by atoms with Crippen LogP contribution in [0.5, 0.6) is 5.75 Å². The Hall–Kier alpha value is -4.16. The van der Waals surface area contributed by atoms with Gasteiger partial charge in [0.2, 0.25) is 5.43 Å². The quantitative estimate of drug-likeness (QED) is 0.477. The van der Waals surface area contributed by atoms with Crippen molar-refractivity contribution >= 4 is 11.8 Å². The van der Waals surface area contributed by atoms with E-state index >= 15 is 0 Å². The first-order valence-electron chi connectivity index (χ1n) is 13.6. The van der Waals surface area contributed by atoms with E-state index in [-0.39, 0.29) is 24.9 Å². The van der Waals surface area contributed by atoms with Gasteiger partial charge in [-0.2, -0.15) is 0 Å². The lowest BCUT2D eigenvalue weighted by Gasteiger charge is -2.42. The van der Waals surface area contributed by atoms with Crippen LogP contribution in [0, 0.1) is 17.5 Å². The van der Waals surface area contributed by atoms with Crippen molar-refractivity contribution in [2.45, 2.75) is 56.7 Å². The van der Waals surface area contributed by atoms with Crippen molar-refractivity contribution in [2.75, 3.05) is 13.2 Å². The second kappa shape index (κ2) is 10.6. The van der Waals surface area contributed by atoms with E-state index in [0.29, 0.717) is 31.4 Å². The number of nitrogens with one attached hydrogen (secondary N) is 1. The molecule has 6 rings (SSSR count). The van der Waals surface area contributed by atoms with Crippen molar-refractivity contribution in [2.24, 2.45) is 0 Å². The number of amides is 2. The smallest absolute Gasteiger partial charge is 0.274 e. The van der Waals surface area contributed by atoms with Crippen LogP contribution in [0.1, 0.15) is 57.8 Å². The summed E-state index contributed by atoms with van der Waals surface area (Å²) in [4.78, 5) is 41.3. The zero-order chi connectivity index (χ0) is 29.8. The number of carbonyl (C=O) groups is 2. The molecular formula is C30H28F3N3O6. The molecule has 0 unspecified atom stereocenters. The van der Waals surface area contributed by atoms with Gasteiger partial charge in [0.05, 0.1) is 12.6 Å². The van der Waals surface area contributed by atoms with Gasteiger partial charge in [-0.25, -0.2) is 13.2 Å². The van der Waals surface area contributed by atoms with Crippen LogP contribution in [-0.2, 0) is 22.4 Å². The minimum atomic E-state index is -1.21. The van der Waals surface area contributed by atoms with Crippen LogP contribution in [0.25, 0.3) is 0 Å². The summed E-state index contributed by atoms with van der Waals surface area (Å²) >= 11 is 0. The molecule has 1 aromatic heterocycles. The molecule has 12 heteroatoms. The molecule has 2 aromatic carbocycles. The summed E-state index contributed by atoms with van der Waals surface area (Å²) in [5, 5.41) is 13.2. The molecule has 0 saturated carbocycles. The topological polar surface area (TPSA) is 110 Å². The Morgan fingerprint density at radius 3 is 2.57 bits per heavy atom.